The summed E-state index contributed by atoms with van der Waals surface area (Å²) in [4.78, 5) is 4.43. The maximum absolute atomic E-state index is 13.5. The largest absolute Gasteiger partial charge is 0.366 e. The van der Waals surface area contributed by atoms with E-state index in [0.29, 0.717) is 22.6 Å². The van der Waals surface area contributed by atoms with Crippen LogP contribution in [0, 0.1) is 11.2 Å². The summed E-state index contributed by atoms with van der Waals surface area (Å²) in [6, 6.07) is 4.29. The van der Waals surface area contributed by atoms with Crippen molar-refractivity contribution in [1.82, 2.24) is 14.6 Å². The molecule has 0 fully saturated rings. The first-order valence-electron chi connectivity index (χ1n) is 8.04. The standard InChI is InChI=1S/C18H18BrCl2FN4/c1-9(18(2,3)4)24-17-14(11-6-5-10(22)7-13(11)20)15(21)25-16-12(19)8-23-26(16)17/h5-9,24H,1-4H3. The minimum Gasteiger partial charge on any atom is -0.366 e. The zero-order valence-corrected chi connectivity index (χ0v) is 17.8. The molecule has 0 aliphatic carbocycles. The van der Waals surface area contributed by atoms with Gasteiger partial charge in [0.2, 0.25) is 0 Å². The number of hydrogen-bond donors (Lipinski definition) is 1. The topological polar surface area (TPSA) is 42.2 Å². The van der Waals surface area contributed by atoms with Crippen molar-refractivity contribution in [2.24, 2.45) is 5.41 Å². The first-order valence-corrected chi connectivity index (χ1v) is 9.59. The van der Waals surface area contributed by atoms with Crippen LogP contribution in [0.25, 0.3) is 16.8 Å². The lowest BCUT2D eigenvalue weighted by atomic mass is 9.88. The summed E-state index contributed by atoms with van der Waals surface area (Å²) in [6.45, 7) is 8.48. The average Bonchev–Trinajstić information content (AvgIpc) is 2.89. The minimum atomic E-state index is -0.414. The zero-order chi connectivity index (χ0) is 19.2. The Labute approximate surface area is 169 Å². The van der Waals surface area contributed by atoms with E-state index in [1.165, 1.54) is 12.1 Å². The van der Waals surface area contributed by atoms with Gasteiger partial charge in [0.05, 0.1) is 21.3 Å². The highest BCUT2D eigenvalue weighted by molar-refractivity contribution is 9.10. The molecule has 26 heavy (non-hydrogen) atoms. The number of benzene rings is 1. The Kier molecular flexibility index (Phi) is 5.21. The predicted octanol–water partition coefficient (Wildman–Crippen LogP) is 6.45. The zero-order valence-electron chi connectivity index (χ0n) is 14.7. The van der Waals surface area contributed by atoms with E-state index in [4.69, 9.17) is 23.2 Å². The van der Waals surface area contributed by atoms with Gasteiger partial charge < -0.3 is 5.32 Å². The monoisotopic (exact) mass is 458 g/mol. The Hall–Kier alpha value is -1.37. The molecule has 1 atom stereocenters. The van der Waals surface area contributed by atoms with Crippen molar-refractivity contribution >= 4 is 50.6 Å². The first kappa shape index (κ1) is 19.4. The van der Waals surface area contributed by atoms with Gasteiger partial charge in [-0.1, -0.05) is 44.0 Å². The van der Waals surface area contributed by atoms with Gasteiger partial charge in [-0.3, -0.25) is 0 Å². The summed E-state index contributed by atoms with van der Waals surface area (Å²) in [6.07, 6.45) is 1.65. The molecule has 2 heterocycles. The normalized spacial score (nSPS) is 13.2. The second kappa shape index (κ2) is 6.98. The van der Waals surface area contributed by atoms with Crippen LogP contribution < -0.4 is 5.32 Å². The third-order valence-corrected chi connectivity index (χ3v) is 5.56. The second-order valence-corrected chi connectivity index (χ2v) is 8.83. The Balaban J connectivity index is 2.30. The molecule has 138 valence electrons. The van der Waals surface area contributed by atoms with Crippen molar-refractivity contribution in [3.63, 3.8) is 0 Å². The van der Waals surface area contributed by atoms with E-state index in [1.54, 1.807) is 16.8 Å². The van der Waals surface area contributed by atoms with Crippen LogP contribution in [0.1, 0.15) is 27.7 Å². The highest BCUT2D eigenvalue weighted by Gasteiger charge is 2.26. The van der Waals surface area contributed by atoms with E-state index in [1.807, 2.05) is 0 Å². The molecule has 0 aliphatic heterocycles. The molecule has 1 unspecified atom stereocenters. The van der Waals surface area contributed by atoms with Gasteiger partial charge in [0.15, 0.2) is 5.65 Å². The average molecular weight is 460 g/mol. The summed E-state index contributed by atoms with van der Waals surface area (Å²) < 4.78 is 15.9. The van der Waals surface area contributed by atoms with Crippen LogP contribution in [0.5, 0.6) is 0 Å². The molecule has 0 radical (unpaired) electrons. The summed E-state index contributed by atoms with van der Waals surface area (Å²) in [5, 5.41) is 8.40. The van der Waals surface area contributed by atoms with Crippen molar-refractivity contribution in [2.45, 2.75) is 33.7 Å². The summed E-state index contributed by atoms with van der Waals surface area (Å²) in [7, 11) is 0. The van der Waals surface area contributed by atoms with E-state index in [9.17, 15) is 4.39 Å². The van der Waals surface area contributed by atoms with Crippen LogP contribution in [0.15, 0.2) is 28.9 Å². The predicted molar refractivity (Wildman–Crippen MR) is 109 cm³/mol. The summed E-state index contributed by atoms with van der Waals surface area (Å²) in [5.41, 5.74) is 1.73. The van der Waals surface area contributed by atoms with Crippen molar-refractivity contribution in [3.05, 3.63) is 44.9 Å². The van der Waals surface area contributed by atoms with Gasteiger partial charge in [0, 0.05) is 11.6 Å². The van der Waals surface area contributed by atoms with Crippen LogP contribution in [0.4, 0.5) is 10.2 Å². The number of rotatable bonds is 3. The highest BCUT2D eigenvalue weighted by atomic mass is 79.9. The fourth-order valence-corrected chi connectivity index (χ4v) is 3.31. The lowest BCUT2D eigenvalue weighted by Crippen LogP contribution is -2.32. The van der Waals surface area contributed by atoms with Crippen LogP contribution in [0.2, 0.25) is 10.2 Å². The van der Waals surface area contributed by atoms with Crippen LogP contribution in [-0.4, -0.2) is 20.6 Å². The molecule has 4 nitrogen and oxygen atoms in total. The molecular formula is C18H18BrCl2FN4. The van der Waals surface area contributed by atoms with Crippen molar-refractivity contribution in [3.8, 4) is 11.1 Å². The number of fused-ring (bicyclic) bond motifs is 1. The Morgan fingerprint density at radius 3 is 2.58 bits per heavy atom. The number of nitrogens with one attached hydrogen (secondary N) is 1. The van der Waals surface area contributed by atoms with E-state index in [-0.39, 0.29) is 21.6 Å². The number of aromatic nitrogens is 3. The molecule has 0 amide bonds. The third kappa shape index (κ3) is 3.55. The fourth-order valence-electron chi connectivity index (χ4n) is 2.42. The number of halogens is 4. The molecule has 1 aromatic carbocycles. The minimum absolute atomic E-state index is 0.0175. The van der Waals surface area contributed by atoms with Crippen molar-refractivity contribution in [2.75, 3.05) is 5.32 Å². The van der Waals surface area contributed by atoms with Gasteiger partial charge in [-0.05, 0) is 46.5 Å². The number of hydrogen-bond acceptors (Lipinski definition) is 3. The molecule has 3 aromatic rings. The molecular weight excluding hydrogens is 442 g/mol. The maximum Gasteiger partial charge on any atom is 0.173 e. The molecule has 1 N–H and O–H groups in total. The Morgan fingerprint density at radius 1 is 1.27 bits per heavy atom. The molecule has 0 saturated carbocycles. The maximum atomic E-state index is 13.5. The van der Waals surface area contributed by atoms with Gasteiger partial charge in [-0.2, -0.15) is 9.61 Å². The van der Waals surface area contributed by atoms with E-state index in [0.717, 1.165) is 4.47 Å². The summed E-state index contributed by atoms with van der Waals surface area (Å²) >= 11 is 16.3. The smallest absolute Gasteiger partial charge is 0.173 e. The molecule has 2 aromatic heterocycles. The molecule has 0 spiro atoms. The quantitative estimate of drug-likeness (QED) is 0.457. The molecule has 3 rings (SSSR count). The lowest BCUT2D eigenvalue weighted by Gasteiger charge is -2.30. The van der Waals surface area contributed by atoms with Gasteiger partial charge in [0.25, 0.3) is 0 Å². The van der Waals surface area contributed by atoms with Crippen molar-refractivity contribution < 1.29 is 4.39 Å². The third-order valence-electron chi connectivity index (χ3n) is 4.41. The molecule has 0 bridgehead atoms. The first-order chi connectivity index (χ1) is 12.1. The summed E-state index contributed by atoms with van der Waals surface area (Å²) in [5.74, 6) is 0.241. The fraction of sp³-hybridized carbons (Fsp3) is 0.333. The van der Waals surface area contributed by atoms with Gasteiger partial charge in [0.1, 0.15) is 16.8 Å². The van der Waals surface area contributed by atoms with Gasteiger partial charge >= 0.3 is 0 Å². The van der Waals surface area contributed by atoms with E-state index in [2.05, 4.69) is 59.0 Å². The molecule has 0 aliphatic rings. The second-order valence-electron chi connectivity index (χ2n) is 7.21. The molecule has 0 saturated heterocycles. The van der Waals surface area contributed by atoms with Crippen LogP contribution in [-0.2, 0) is 0 Å². The lowest BCUT2D eigenvalue weighted by molar-refractivity contribution is 0.358. The highest BCUT2D eigenvalue weighted by Crippen LogP contribution is 2.40. The van der Waals surface area contributed by atoms with Crippen LogP contribution >= 0.6 is 39.1 Å². The SMILES string of the molecule is CC(Nc1c(-c2ccc(F)cc2Cl)c(Cl)nc2c(Br)cnn12)C(C)(C)C. The van der Waals surface area contributed by atoms with E-state index < -0.39 is 5.82 Å². The Morgan fingerprint density at radius 2 is 1.96 bits per heavy atom. The van der Waals surface area contributed by atoms with Gasteiger partial charge in [-0.25, -0.2) is 9.37 Å². The number of anilines is 1. The van der Waals surface area contributed by atoms with Crippen molar-refractivity contribution in [1.29, 1.82) is 0 Å². The Bertz CT molecular complexity index is 981. The number of nitrogens with zero attached hydrogens (tertiary/aromatic N) is 3. The van der Waals surface area contributed by atoms with E-state index >= 15 is 0 Å². The van der Waals surface area contributed by atoms with Crippen LogP contribution in [0.3, 0.4) is 0 Å². The molecule has 8 heteroatoms. The van der Waals surface area contributed by atoms with Gasteiger partial charge in [-0.15, -0.1) is 0 Å².